The van der Waals surface area contributed by atoms with E-state index < -0.39 is 10.0 Å². The van der Waals surface area contributed by atoms with Gasteiger partial charge in [-0.2, -0.15) is 0 Å². The summed E-state index contributed by atoms with van der Waals surface area (Å²) in [6.07, 6.45) is 0.768. The van der Waals surface area contributed by atoms with Crippen LogP contribution in [-0.4, -0.2) is 14.5 Å². The quantitative estimate of drug-likeness (QED) is 0.897. The molecule has 0 saturated carbocycles. The lowest BCUT2D eigenvalue weighted by Gasteiger charge is -2.25. The molecule has 0 amide bonds. The first-order chi connectivity index (χ1) is 10.8. The minimum atomic E-state index is -3.68. The minimum Gasteiger partial charge on any atom is -0.364 e. The van der Waals surface area contributed by atoms with Gasteiger partial charge in [-0.1, -0.05) is 29.3 Å². The molecular formula is C16H16Cl2N2O2S. The van der Waals surface area contributed by atoms with Crippen LogP contribution >= 0.6 is 23.2 Å². The molecule has 1 aliphatic rings. The fraction of sp³-hybridized carbons (Fsp3) is 0.250. The Labute approximate surface area is 145 Å². The highest BCUT2D eigenvalue weighted by atomic mass is 35.5. The second-order valence-electron chi connectivity index (χ2n) is 5.75. The molecule has 3 rings (SSSR count). The SMILES string of the molecule is C[C@H]1Cc2cc(S(N)(=O)=O)ccc2N1Cc1ccc(Cl)cc1Cl. The Balaban J connectivity index is 1.94. The van der Waals surface area contributed by atoms with E-state index in [-0.39, 0.29) is 10.9 Å². The van der Waals surface area contributed by atoms with Gasteiger partial charge >= 0.3 is 0 Å². The molecule has 1 atom stereocenters. The normalized spacial score (nSPS) is 17.4. The second kappa shape index (κ2) is 5.98. The average molecular weight is 371 g/mol. The van der Waals surface area contributed by atoms with Crippen molar-refractivity contribution in [2.24, 2.45) is 5.14 Å². The van der Waals surface area contributed by atoms with Crippen LogP contribution in [0.5, 0.6) is 0 Å². The topological polar surface area (TPSA) is 63.4 Å². The van der Waals surface area contributed by atoms with Crippen LogP contribution in [0, 0.1) is 0 Å². The molecule has 0 aromatic heterocycles. The van der Waals surface area contributed by atoms with Gasteiger partial charge in [-0.15, -0.1) is 0 Å². The number of nitrogens with zero attached hydrogens (tertiary/aromatic N) is 1. The molecular weight excluding hydrogens is 355 g/mol. The van der Waals surface area contributed by atoms with Crippen molar-refractivity contribution >= 4 is 38.9 Å². The third kappa shape index (κ3) is 3.33. The molecule has 2 aromatic carbocycles. The lowest BCUT2D eigenvalue weighted by atomic mass is 10.1. The zero-order valence-electron chi connectivity index (χ0n) is 12.5. The highest BCUT2D eigenvalue weighted by Gasteiger charge is 2.27. The Morgan fingerprint density at radius 2 is 1.96 bits per heavy atom. The summed E-state index contributed by atoms with van der Waals surface area (Å²) in [7, 11) is -3.68. The molecule has 7 heteroatoms. The van der Waals surface area contributed by atoms with Gasteiger partial charge in [0.2, 0.25) is 10.0 Å². The molecule has 1 aliphatic heterocycles. The molecule has 0 unspecified atom stereocenters. The first-order valence-corrected chi connectivity index (χ1v) is 9.42. The van der Waals surface area contributed by atoms with E-state index in [2.05, 4.69) is 11.8 Å². The van der Waals surface area contributed by atoms with Crippen LogP contribution in [0.15, 0.2) is 41.3 Å². The molecule has 1 heterocycles. The summed E-state index contributed by atoms with van der Waals surface area (Å²) < 4.78 is 23.0. The van der Waals surface area contributed by atoms with Crippen LogP contribution in [-0.2, 0) is 23.0 Å². The lowest BCUT2D eigenvalue weighted by molar-refractivity contribution is 0.597. The van der Waals surface area contributed by atoms with Gasteiger partial charge in [0, 0.05) is 28.3 Å². The molecule has 0 radical (unpaired) electrons. The number of hydrogen-bond donors (Lipinski definition) is 1. The molecule has 0 bridgehead atoms. The molecule has 0 saturated heterocycles. The van der Waals surface area contributed by atoms with Crippen molar-refractivity contribution in [3.63, 3.8) is 0 Å². The predicted molar refractivity (Wildman–Crippen MR) is 93.6 cm³/mol. The van der Waals surface area contributed by atoms with Gasteiger partial charge in [0.05, 0.1) is 4.90 Å². The van der Waals surface area contributed by atoms with Crippen molar-refractivity contribution in [3.05, 3.63) is 57.6 Å². The number of sulfonamides is 1. The Morgan fingerprint density at radius 1 is 1.22 bits per heavy atom. The summed E-state index contributed by atoms with van der Waals surface area (Å²) in [5.74, 6) is 0. The van der Waals surface area contributed by atoms with Crippen LogP contribution in [0.4, 0.5) is 5.69 Å². The number of benzene rings is 2. The lowest BCUT2D eigenvalue weighted by Crippen LogP contribution is -2.28. The first-order valence-electron chi connectivity index (χ1n) is 7.12. The second-order valence-corrected chi connectivity index (χ2v) is 8.16. The van der Waals surface area contributed by atoms with Crippen LogP contribution in [0.1, 0.15) is 18.1 Å². The Morgan fingerprint density at radius 3 is 2.61 bits per heavy atom. The molecule has 122 valence electrons. The molecule has 2 aromatic rings. The standard InChI is InChI=1S/C16H16Cl2N2O2S/c1-10-6-12-7-14(23(19,21)22)4-5-16(12)20(10)9-11-2-3-13(17)8-15(11)18/h2-5,7-8,10H,6,9H2,1H3,(H2,19,21,22)/t10-/m0/s1. The zero-order chi connectivity index (χ0) is 16.8. The number of rotatable bonds is 3. The average Bonchev–Trinajstić information content (AvgIpc) is 2.76. The number of halogens is 2. The van der Waals surface area contributed by atoms with Gasteiger partial charge in [-0.25, -0.2) is 13.6 Å². The maximum Gasteiger partial charge on any atom is 0.238 e. The Hall–Kier alpha value is -1.27. The highest BCUT2D eigenvalue weighted by molar-refractivity contribution is 7.89. The summed E-state index contributed by atoms with van der Waals surface area (Å²) in [5, 5.41) is 6.43. The molecule has 4 nitrogen and oxygen atoms in total. The number of anilines is 1. The smallest absolute Gasteiger partial charge is 0.238 e. The number of nitrogens with two attached hydrogens (primary N) is 1. The van der Waals surface area contributed by atoms with Crippen LogP contribution in [0.3, 0.4) is 0 Å². The van der Waals surface area contributed by atoms with Gasteiger partial charge in [-0.05, 0) is 54.8 Å². The van der Waals surface area contributed by atoms with Gasteiger partial charge in [0.25, 0.3) is 0 Å². The van der Waals surface area contributed by atoms with Gasteiger partial charge in [-0.3, -0.25) is 0 Å². The molecule has 23 heavy (non-hydrogen) atoms. The van der Waals surface area contributed by atoms with Crippen LogP contribution in [0.2, 0.25) is 10.0 Å². The van der Waals surface area contributed by atoms with Crippen molar-refractivity contribution in [2.75, 3.05) is 4.90 Å². The fourth-order valence-electron chi connectivity index (χ4n) is 2.92. The third-order valence-corrected chi connectivity index (χ3v) is 5.59. The number of fused-ring (bicyclic) bond motifs is 1. The van der Waals surface area contributed by atoms with Gasteiger partial charge < -0.3 is 4.90 Å². The van der Waals surface area contributed by atoms with Crippen molar-refractivity contribution < 1.29 is 8.42 Å². The van der Waals surface area contributed by atoms with Crippen molar-refractivity contribution in [1.29, 1.82) is 0 Å². The zero-order valence-corrected chi connectivity index (χ0v) is 14.8. The van der Waals surface area contributed by atoms with Gasteiger partial charge in [0.1, 0.15) is 0 Å². The predicted octanol–water partition coefficient (Wildman–Crippen LogP) is 3.59. The Kier molecular flexibility index (Phi) is 4.31. The van der Waals surface area contributed by atoms with E-state index >= 15 is 0 Å². The Bertz CT molecular complexity index is 868. The van der Waals surface area contributed by atoms with E-state index in [0.29, 0.717) is 16.6 Å². The minimum absolute atomic E-state index is 0.148. The molecule has 0 aliphatic carbocycles. The number of hydrogen-bond acceptors (Lipinski definition) is 3. The monoisotopic (exact) mass is 370 g/mol. The van der Waals surface area contributed by atoms with Crippen molar-refractivity contribution in [2.45, 2.75) is 30.8 Å². The summed E-state index contributed by atoms with van der Waals surface area (Å²) in [5.41, 5.74) is 2.97. The van der Waals surface area contributed by atoms with Crippen molar-refractivity contribution in [1.82, 2.24) is 0 Å². The van der Waals surface area contributed by atoms with E-state index in [9.17, 15) is 8.42 Å². The molecule has 2 N–H and O–H groups in total. The summed E-state index contributed by atoms with van der Waals surface area (Å²) in [6.45, 7) is 2.74. The molecule has 0 fully saturated rings. The number of primary sulfonamides is 1. The van der Waals surface area contributed by atoms with E-state index in [4.69, 9.17) is 28.3 Å². The third-order valence-electron chi connectivity index (χ3n) is 4.09. The van der Waals surface area contributed by atoms with E-state index in [1.807, 2.05) is 18.2 Å². The van der Waals surface area contributed by atoms with Crippen LogP contribution < -0.4 is 10.0 Å². The van der Waals surface area contributed by atoms with Crippen molar-refractivity contribution in [3.8, 4) is 0 Å². The summed E-state index contributed by atoms with van der Waals surface area (Å²) in [4.78, 5) is 2.35. The van der Waals surface area contributed by atoms with Gasteiger partial charge in [0.15, 0.2) is 0 Å². The largest absolute Gasteiger partial charge is 0.364 e. The fourth-order valence-corrected chi connectivity index (χ4v) is 3.96. The van der Waals surface area contributed by atoms with E-state index in [0.717, 1.165) is 23.2 Å². The van der Waals surface area contributed by atoms with E-state index in [1.54, 1.807) is 18.2 Å². The van der Waals surface area contributed by atoms with E-state index in [1.165, 1.54) is 0 Å². The first kappa shape index (κ1) is 16.6. The molecule has 0 spiro atoms. The van der Waals surface area contributed by atoms with Crippen LogP contribution in [0.25, 0.3) is 0 Å². The summed E-state index contributed by atoms with van der Waals surface area (Å²) in [6, 6.07) is 10.7. The summed E-state index contributed by atoms with van der Waals surface area (Å²) >= 11 is 12.2. The maximum atomic E-state index is 11.5. The maximum absolute atomic E-state index is 11.5. The highest BCUT2D eigenvalue weighted by Crippen LogP contribution is 2.36.